The first-order valence-electron chi connectivity index (χ1n) is 5.64. The summed E-state index contributed by atoms with van der Waals surface area (Å²) in [5.74, 6) is 0. The minimum atomic E-state index is 0.0446. The van der Waals surface area contributed by atoms with Gasteiger partial charge in [-0.3, -0.25) is 4.68 Å². The molecule has 0 aliphatic heterocycles. The van der Waals surface area contributed by atoms with Gasteiger partial charge in [0.1, 0.15) is 0 Å². The number of para-hydroxylation sites is 1. The lowest BCUT2D eigenvalue weighted by molar-refractivity contribution is 0.282. The van der Waals surface area contributed by atoms with Crippen molar-refractivity contribution in [3.8, 4) is 0 Å². The van der Waals surface area contributed by atoms with E-state index in [0.717, 1.165) is 16.8 Å². The van der Waals surface area contributed by atoms with E-state index >= 15 is 0 Å². The molecule has 1 unspecified atom stereocenters. The molecule has 1 aromatic heterocycles. The summed E-state index contributed by atoms with van der Waals surface area (Å²) in [6.45, 7) is 2.12. The Morgan fingerprint density at radius 1 is 1.41 bits per heavy atom. The maximum absolute atomic E-state index is 9.25. The quantitative estimate of drug-likeness (QED) is 0.847. The number of hydrogen-bond donors (Lipinski definition) is 2. The Hall–Kier alpha value is -1.81. The summed E-state index contributed by atoms with van der Waals surface area (Å²) in [5.41, 5.74) is 3.00. The van der Waals surface area contributed by atoms with E-state index < -0.39 is 0 Å². The summed E-state index contributed by atoms with van der Waals surface area (Å²) in [5, 5.41) is 16.8. The predicted octanol–water partition coefficient (Wildman–Crippen LogP) is 2.09. The fraction of sp³-hybridized carbons (Fsp3) is 0.308. The van der Waals surface area contributed by atoms with Gasteiger partial charge < -0.3 is 10.4 Å². The van der Waals surface area contributed by atoms with E-state index in [4.69, 9.17) is 0 Å². The second-order valence-electron chi connectivity index (χ2n) is 4.13. The molecule has 90 valence electrons. The first kappa shape index (κ1) is 11.7. The number of anilines is 1. The molecule has 4 heteroatoms. The van der Waals surface area contributed by atoms with Crippen molar-refractivity contribution >= 4 is 5.69 Å². The summed E-state index contributed by atoms with van der Waals surface area (Å²) >= 11 is 0. The van der Waals surface area contributed by atoms with Gasteiger partial charge in [-0.15, -0.1) is 0 Å². The number of benzene rings is 1. The normalized spacial score (nSPS) is 12.4. The van der Waals surface area contributed by atoms with Gasteiger partial charge in [-0.05, 0) is 13.0 Å². The third-order valence-corrected chi connectivity index (χ3v) is 2.78. The number of aliphatic hydroxyl groups is 1. The van der Waals surface area contributed by atoms with Crippen molar-refractivity contribution in [1.82, 2.24) is 9.78 Å². The number of aromatic nitrogens is 2. The van der Waals surface area contributed by atoms with E-state index in [1.165, 1.54) is 0 Å². The molecule has 0 bridgehead atoms. The van der Waals surface area contributed by atoms with Crippen LogP contribution in [0.1, 0.15) is 24.1 Å². The van der Waals surface area contributed by atoms with Gasteiger partial charge in [0, 0.05) is 30.1 Å². The number of rotatable bonds is 4. The van der Waals surface area contributed by atoms with Crippen molar-refractivity contribution in [1.29, 1.82) is 0 Å². The number of nitrogens with one attached hydrogen (secondary N) is 1. The van der Waals surface area contributed by atoms with Gasteiger partial charge in [-0.25, -0.2) is 0 Å². The molecule has 2 aromatic rings. The number of nitrogens with zero attached hydrogens (tertiary/aromatic N) is 2. The highest BCUT2D eigenvalue weighted by molar-refractivity contribution is 5.52. The summed E-state index contributed by atoms with van der Waals surface area (Å²) in [4.78, 5) is 0. The Kier molecular flexibility index (Phi) is 3.44. The highest BCUT2D eigenvalue weighted by Gasteiger charge is 2.09. The maximum Gasteiger partial charge on any atom is 0.0701 e. The maximum atomic E-state index is 9.25. The average molecular weight is 231 g/mol. The standard InChI is InChI=1S/C13H17N3O/c1-10(12-7-14-16(2)8-12)15-13-6-4-3-5-11(13)9-17/h3-8,10,15,17H,9H2,1-2H3. The second kappa shape index (κ2) is 5.01. The fourth-order valence-electron chi connectivity index (χ4n) is 1.78. The molecule has 1 aromatic carbocycles. The molecule has 0 saturated carbocycles. The van der Waals surface area contributed by atoms with E-state index in [1.54, 1.807) is 4.68 Å². The first-order chi connectivity index (χ1) is 8.20. The monoisotopic (exact) mass is 231 g/mol. The van der Waals surface area contributed by atoms with Gasteiger partial charge in [-0.1, -0.05) is 18.2 Å². The van der Waals surface area contributed by atoms with Gasteiger partial charge in [0.25, 0.3) is 0 Å². The number of aryl methyl sites for hydroxylation is 1. The van der Waals surface area contributed by atoms with Gasteiger partial charge in [0.15, 0.2) is 0 Å². The number of hydrogen-bond acceptors (Lipinski definition) is 3. The molecule has 0 spiro atoms. The second-order valence-corrected chi connectivity index (χ2v) is 4.13. The molecular weight excluding hydrogens is 214 g/mol. The highest BCUT2D eigenvalue weighted by Crippen LogP contribution is 2.21. The molecule has 0 fully saturated rings. The Morgan fingerprint density at radius 2 is 2.18 bits per heavy atom. The molecule has 0 aliphatic rings. The minimum Gasteiger partial charge on any atom is -0.392 e. The average Bonchev–Trinajstić information content (AvgIpc) is 2.77. The topological polar surface area (TPSA) is 50.1 Å². The molecule has 17 heavy (non-hydrogen) atoms. The summed E-state index contributed by atoms with van der Waals surface area (Å²) in [6.07, 6.45) is 3.83. The van der Waals surface area contributed by atoms with Crippen LogP contribution in [0.2, 0.25) is 0 Å². The summed E-state index contributed by atoms with van der Waals surface area (Å²) < 4.78 is 1.78. The van der Waals surface area contributed by atoms with Crippen LogP contribution in [0.15, 0.2) is 36.7 Å². The van der Waals surface area contributed by atoms with Crippen LogP contribution in [-0.2, 0) is 13.7 Å². The predicted molar refractivity (Wildman–Crippen MR) is 67.6 cm³/mol. The molecule has 0 saturated heterocycles. The Morgan fingerprint density at radius 3 is 2.82 bits per heavy atom. The van der Waals surface area contributed by atoms with Crippen molar-refractivity contribution < 1.29 is 5.11 Å². The van der Waals surface area contributed by atoms with E-state index in [0.29, 0.717) is 0 Å². The van der Waals surface area contributed by atoms with Gasteiger partial charge in [0.2, 0.25) is 0 Å². The lowest BCUT2D eigenvalue weighted by Gasteiger charge is -2.16. The Bertz CT molecular complexity index is 493. The van der Waals surface area contributed by atoms with Crippen molar-refractivity contribution in [2.75, 3.05) is 5.32 Å². The van der Waals surface area contributed by atoms with Crippen molar-refractivity contribution in [3.05, 3.63) is 47.8 Å². The molecular formula is C13H17N3O. The smallest absolute Gasteiger partial charge is 0.0701 e. The lowest BCUT2D eigenvalue weighted by Crippen LogP contribution is -2.07. The SMILES string of the molecule is CC(Nc1ccccc1CO)c1cnn(C)c1. The van der Waals surface area contributed by atoms with Crippen LogP contribution in [0, 0.1) is 0 Å². The Balaban J connectivity index is 2.15. The van der Waals surface area contributed by atoms with Crippen LogP contribution in [0.3, 0.4) is 0 Å². The molecule has 2 N–H and O–H groups in total. The fourth-order valence-corrected chi connectivity index (χ4v) is 1.78. The molecule has 4 nitrogen and oxygen atoms in total. The van der Waals surface area contributed by atoms with Crippen LogP contribution < -0.4 is 5.32 Å². The van der Waals surface area contributed by atoms with E-state index in [1.807, 2.05) is 43.7 Å². The zero-order valence-electron chi connectivity index (χ0n) is 10.1. The molecule has 0 amide bonds. The van der Waals surface area contributed by atoms with E-state index in [-0.39, 0.29) is 12.6 Å². The Labute approximate surface area is 101 Å². The first-order valence-corrected chi connectivity index (χ1v) is 5.64. The molecule has 0 aliphatic carbocycles. The molecule has 2 rings (SSSR count). The van der Waals surface area contributed by atoms with E-state index in [9.17, 15) is 5.11 Å². The van der Waals surface area contributed by atoms with Crippen LogP contribution in [0.25, 0.3) is 0 Å². The molecule has 0 radical (unpaired) electrons. The highest BCUT2D eigenvalue weighted by atomic mass is 16.3. The molecule has 1 atom stereocenters. The van der Waals surface area contributed by atoms with Gasteiger partial charge in [0.05, 0.1) is 18.8 Å². The number of aliphatic hydroxyl groups excluding tert-OH is 1. The van der Waals surface area contributed by atoms with Gasteiger partial charge in [-0.2, -0.15) is 5.10 Å². The zero-order chi connectivity index (χ0) is 12.3. The van der Waals surface area contributed by atoms with Crippen LogP contribution >= 0.6 is 0 Å². The molecule has 1 heterocycles. The zero-order valence-corrected chi connectivity index (χ0v) is 10.1. The largest absolute Gasteiger partial charge is 0.392 e. The van der Waals surface area contributed by atoms with Crippen LogP contribution in [0.4, 0.5) is 5.69 Å². The van der Waals surface area contributed by atoms with Crippen LogP contribution in [-0.4, -0.2) is 14.9 Å². The summed E-state index contributed by atoms with van der Waals surface area (Å²) in [6, 6.07) is 7.93. The summed E-state index contributed by atoms with van der Waals surface area (Å²) in [7, 11) is 1.90. The van der Waals surface area contributed by atoms with Crippen molar-refractivity contribution in [2.45, 2.75) is 19.6 Å². The lowest BCUT2D eigenvalue weighted by atomic mass is 10.1. The van der Waals surface area contributed by atoms with Gasteiger partial charge >= 0.3 is 0 Å². The van der Waals surface area contributed by atoms with E-state index in [2.05, 4.69) is 17.3 Å². The van der Waals surface area contributed by atoms with Crippen molar-refractivity contribution in [2.24, 2.45) is 7.05 Å². The van der Waals surface area contributed by atoms with Crippen LogP contribution in [0.5, 0.6) is 0 Å². The van der Waals surface area contributed by atoms with Crippen molar-refractivity contribution in [3.63, 3.8) is 0 Å². The third-order valence-electron chi connectivity index (χ3n) is 2.78. The minimum absolute atomic E-state index is 0.0446. The third kappa shape index (κ3) is 2.65.